The molecule has 1 N–H and O–H groups in total. The molecule has 3 rings (SSSR count). The lowest BCUT2D eigenvalue weighted by atomic mass is 9.86. The molecule has 0 spiro atoms. The number of aromatic nitrogens is 2. The molecule has 1 fully saturated rings. The van der Waals surface area contributed by atoms with Crippen LogP contribution >= 0.6 is 0 Å². The van der Waals surface area contributed by atoms with E-state index in [0.717, 1.165) is 19.3 Å². The van der Waals surface area contributed by atoms with Crippen LogP contribution in [0.1, 0.15) is 38.4 Å². The molecular weight excluding hydrogens is 290 g/mol. The van der Waals surface area contributed by atoms with Gasteiger partial charge in [-0.05, 0) is 37.8 Å². The van der Waals surface area contributed by atoms with Crippen molar-refractivity contribution in [1.82, 2.24) is 14.9 Å². The van der Waals surface area contributed by atoms with Gasteiger partial charge < -0.3 is 5.32 Å². The number of para-hydroxylation sites is 1. The second-order valence-corrected chi connectivity index (χ2v) is 6.50. The Labute approximate surface area is 135 Å². The molecule has 2 aromatic rings. The summed E-state index contributed by atoms with van der Waals surface area (Å²) >= 11 is 0. The molecule has 122 valence electrons. The average Bonchev–Trinajstić information content (AvgIpc) is 2.54. The Morgan fingerprint density at radius 2 is 2.04 bits per heavy atom. The van der Waals surface area contributed by atoms with E-state index >= 15 is 0 Å². The molecule has 5 heteroatoms. The highest BCUT2D eigenvalue weighted by Gasteiger charge is 2.23. The first-order chi connectivity index (χ1) is 11.1. The largest absolute Gasteiger partial charge is 0.352 e. The minimum absolute atomic E-state index is 0.0335. The Kier molecular flexibility index (Phi) is 4.46. The zero-order valence-corrected chi connectivity index (χ0v) is 13.7. The molecule has 0 aliphatic heterocycles. The van der Waals surface area contributed by atoms with E-state index in [1.165, 1.54) is 11.0 Å². The average molecular weight is 313 g/mol. The minimum atomic E-state index is -0.153. The number of fused-ring (bicyclic) bond motifs is 1. The highest BCUT2D eigenvalue weighted by Crippen LogP contribution is 2.23. The van der Waals surface area contributed by atoms with Crippen molar-refractivity contribution >= 4 is 16.8 Å². The molecule has 1 aromatic heterocycles. The van der Waals surface area contributed by atoms with Gasteiger partial charge in [0.1, 0.15) is 12.4 Å². The quantitative estimate of drug-likeness (QED) is 0.946. The molecule has 0 unspecified atom stereocenters. The normalized spacial score (nSPS) is 21.3. The molecule has 1 aromatic carbocycles. The zero-order valence-electron chi connectivity index (χ0n) is 13.7. The van der Waals surface area contributed by atoms with E-state index < -0.39 is 0 Å². The molecule has 1 saturated carbocycles. The molecule has 2 atom stereocenters. The monoisotopic (exact) mass is 313 g/mol. The molecule has 5 nitrogen and oxygen atoms in total. The van der Waals surface area contributed by atoms with Crippen molar-refractivity contribution in [1.29, 1.82) is 0 Å². The fourth-order valence-electron chi connectivity index (χ4n) is 3.39. The topological polar surface area (TPSA) is 64.0 Å². The van der Waals surface area contributed by atoms with Gasteiger partial charge in [-0.25, -0.2) is 4.98 Å². The summed E-state index contributed by atoms with van der Waals surface area (Å²) in [6.45, 7) is 3.98. The van der Waals surface area contributed by atoms with E-state index in [2.05, 4.69) is 17.2 Å². The van der Waals surface area contributed by atoms with Crippen LogP contribution in [0.15, 0.2) is 29.1 Å². The van der Waals surface area contributed by atoms with Gasteiger partial charge in [0.15, 0.2) is 0 Å². The Balaban J connectivity index is 1.81. The molecule has 0 bridgehead atoms. The summed E-state index contributed by atoms with van der Waals surface area (Å²) in [4.78, 5) is 29.4. The number of hydrogen-bond donors (Lipinski definition) is 1. The van der Waals surface area contributed by atoms with Crippen LogP contribution in [0.3, 0.4) is 0 Å². The van der Waals surface area contributed by atoms with Gasteiger partial charge in [0.2, 0.25) is 5.91 Å². The van der Waals surface area contributed by atoms with Gasteiger partial charge in [0.05, 0.1) is 10.9 Å². The number of rotatable bonds is 3. The second-order valence-electron chi connectivity index (χ2n) is 6.50. The van der Waals surface area contributed by atoms with E-state index in [0.29, 0.717) is 22.6 Å². The summed E-state index contributed by atoms with van der Waals surface area (Å²) in [6, 6.07) is 7.46. The van der Waals surface area contributed by atoms with E-state index in [-0.39, 0.29) is 24.1 Å². The number of carbonyl (C=O) groups is 1. The number of aryl methyl sites for hydroxylation is 1. The molecule has 1 aliphatic carbocycles. The highest BCUT2D eigenvalue weighted by atomic mass is 16.2. The Bertz CT molecular complexity index is 781. The fourth-order valence-corrected chi connectivity index (χ4v) is 3.39. The SMILES string of the molecule is Cc1nc2ccccc2c(=O)n1CC(=O)N[C@H]1CCCC[C@@H]1C. The van der Waals surface area contributed by atoms with Gasteiger partial charge in [-0.2, -0.15) is 0 Å². The summed E-state index contributed by atoms with van der Waals surface area (Å²) in [5.74, 6) is 0.965. The first-order valence-corrected chi connectivity index (χ1v) is 8.32. The molecule has 1 aliphatic rings. The number of benzene rings is 1. The fraction of sp³-hybridized carbons (Fsp3) is 0.500. The second kappa shape index (κ2) is 6.52. The number of nitrogens with one attached hydrogen (secondary N) is 1. The van der Waals surface area contributed by atoms with Crippen LogP contribution < -0.4 is 10.9 Å². The van der Waals surface area contributed by atoms with Crippen molar-refractivity contribution in [3.63, 3.8) is 0 Å². The lowest BCUT2D eigenvalue weighted by Crippen LogP contribution is -2.43. The third-order valence-electron chi connectivity index (χ3n) is 4.81. The van der Waals surface area contributed by atoms with Crippen molar-refractivity contribution in [3.8, 4) is 0 Å². The van der Waals surface area contributed by atoms with Gasteiger partial charge in [-0.15, -0.1) is 0 Å². The van der Waals surface area contributed by atoms with E-state index in [4.69, 9.17) is 0 Å². The zero-order chi connectivity index (χ0) is 16.4. The third kappa shape index (κ3) is 3.28. The molecular formula is C18H23N3O2. The van der Waals surface area contributed by atoms with Crippen molar-refractivity contribution in [2.24, 2.45) is 5.92 Å². The molecule has 1 amide bonds. The van der Waals surface area contributed by atoms with Crippen LogP contribution in [0.2, 0.25) is 0 Å². The molecule has 0 saturated heterocycles. The van der Waals surface area contributed by atoms with E-state index in [1.807, 2.05) is 18.2 Å². The van der Waals surface area contributed by atoms with Crippen LogP contribution in [0.5, 0.6) is 0 Å². The summed E-state index contributed by atoms with van der Waals surface area (Å²) < 4.78 is 1.46. The highest BCUT2D eigenvalue weighted by molar-refractivity contribution is 5.79. The maximum Gasteiger partial charge on any atom is 0.261 e. The van der Waals surface area contributed by atoms with Crippen LogP contribution in [0.25, 0.3) is 10.9 Å². The number of carbonyl (C=O) groups excluding carboxylic acids is 1. The van der Waals surface area contributed by atoms with Crippen LogP contribution in [0, 0.1) is 12.8 Å². The summed E-state index contributed by atoms with van der Waals surface area (Å²) in [5.41, 5.74) is 0.521. The Morgan fingerprint density at radius 1 is 1.30 bits per heavy atom. The van der Waals surface area contributed by atoms with Crippen molar-refractivity contribution in [2.45, 2.75) is 52.1 Å². The molecule has 23 heavy (non-hydrogen) atoms. The lowest BCUT2D eigenvalue weighted by molar-refractivity contribution is -0.123. The van der Waals surface area contributed by atoms with Crippen molar-refractivity contribution in [2.75, 3.05) is 0 Å². The third-order valence-corrected chi connectivity index (χ3v) is 4.81. The molecule has 1 heterocycles. The van der Waals surface area contributed by atoms with Gasteiger partial charge >= 0.3 is 0 Å². The lowest BCUT2D eigenvalue weighted by Gasteiger charge is -2.29. The van der Waals surface area contributed by atoms with Gasteiger partial charge in [-0.3, -0.25) is 14.2 Å². The standard InChI is InChI=1S/C18H23N3O2/c1-12-7-3-5-9-15(12)20-17(22)11-21-13(2)19-16-10-6-4-8-14(16)18(21)23/h4,6,8,10,12,15H,3,5,7,9,11H2,1-2H3,(H,20,22)/t12-,15-/m0/s1. The van der Waals surface area contributed by atoms with Crippen molar-refractivity contribution < 1.29 is 4.79 Å². The smallest absolute Gasteiger partial charge is 0.261 e. The first-order valence-electron chi connectivity index (χ1n) is 8.32. The summed E-state index contributed by atoms with van der Waals surface area (Å²) in [5, 5.41) is 3.65. The van der Waals surface area contributed by atoms with Crippen molar-refractivity contribution in [3.05, 3.63) is 40.4 Å². The van der Waals surface area contributed by atoms with Gasteiger partial charge in [0.25, 0.3) is 5.56 Å². The predicted octanol–water partition coefficient (Wildman–Crippen LogP) is 2.40. The first kappa shape index (κ1) is 15.7. The maximum absolute atomic E-state index is 12.6. The van der Waals surface area contributed by atoms with E-state index in [1.54, 1.807) is 13.0 Å². The number of nitrogens with zero attached hydrogens (tertiary/aromatic N) is 2. The Hall–Kier alpha value is -2.17. The predicted molar refractivity (Wildman–Crippen MR) is 90.3 cm³/mol. The van der Waals surface area contributed by atoms with Crippen LogP contribution in [0.4, 0.5) is 0 Å². The van der Waals surface area contributed by atoms with Gasteiger partial charge in [0, 0.05) is 6.04 Å². The molecule has 0 radical (unpaired) electrons. The minimum Gasteiger partial charge on any atom is -0.352 e. The van der Waals surface area contributed by atoms with E-state index in [9.17, 15) is 9.59 Å². The summed E-state index contributed by atoms with van der Waals surface area (Å²) in [6.07, 6.45) is 4.57. The van der Waals surface area contributed by atoms with Gasteiger partial charge in [-0.1, -0.05) is 31.9 Å². The Morgan fingerprint density at radius 3 is 2.83 bits per heavy atom. The summed E-state index contributed by atoms with van der Waals surface area (Å²) in [7, 11) is 0. The van der Waals surface area contributed by atoms with Crippen LogP contribution in [-0.4, -0.2) is 21.5 Å². The number of hydrogen-bond acceptors (Lipinski definition) is 3. The maximum atomic E-state index is 12.6. The van der Waals surface area contributed by atoms with Crippen LogP contribution in [-0.2, 0) is 11.3 Å². The number of amides is 1.